The third kappa shape index (κ3) is 5.61. The molecule has 0 aliphatic carbocycles. The lowest BCUT2D eigenvalue weighted by molar-refractivity contribution is -0.575. The molecule has 4 rings (SSSR count). The molecular weight excluding hydrogens is 448 g/mol. The molecule has 1 saturated heterocycles. The molecular formula is C26H36N4O5. The number of fused-ring (bicyclic) bond motifs is 3. The number of rotatable bonds is 7. The second kappa shape index (κ2) is 10.3. The zero-order chi connectivity index (χ0) is 25.2. The van der Waals surface area contributed by atoms with Crippen molar-refractivity contribution < 1.29 is 23.7 Å². The van der Waals surface area contributed by atoms with Crippen molar-refractivity contribution in [2.75, 3.05) is 19.7 Å². The number of piperidine rings is 1. The smallest absolute Gasteiger partial charge is 0.410 e. The fourth-order valence-corrected chi connectivity index (χ4v) is 4.49. The molecule has 1 aliphatic heterocycles. The van der Waals surface area contributed by atoms with Crippen LogP contribution in [0.1, 0.15) is 59.7 Å². The molecule has 3 heterocycles. The van der Waals surface area contributed by atoms with Gasteiger partial charge in [-0.05, 0) is 46.2 Å². The molecule has 1 amide bonds. The zero-order valence-corrected chi connectivity index (χ0v) is 21.4. The summed E-state index contributed by atoms with van der Waals surface area (Å²) in [4.78, 5) is 18.8. The number of ether oxygens (including phenoxy) is 3. The van der Waals surface area contributed by atoms with E-state index in [1.54, 1.807) is 11.0 Å². The maximum absolute atomic E-state index is 12.7. The standard InChI is InChI=1S/C26H36N4O5/c1-6-12-29-23(17-33-7-2)27-21-16-30(32)22-9-8-19(15-20(22)24(21)29)34-18-10-13-28(14-11-18)25(31)35-26(3,4)5/h8-9,15-16,18H,6-7,10-14,17H2,1-5H3. The number of aryl methyl sites for hydroxylation is 1. The minimum Gasteiger partial charge on any atom is -0.618 e. The summed E-state index contributed by atoms with van der Waals surface area (Å²) in [5.41, 5.74) is 1.64. The fraction of sp³-hybridized carbons (Fsp3) is 0.577. The van der Waals surface area contributed by atoms with Gasteiger partial charge >= 0.3 is 6.09 Å². The van der Waals surface area contributed by atoms with Crippen LogP contribution in [0.25, 0.3) is 21.9 Å². The van der Waals surface area contributed by atoms with Crippen LogP contribution in [-0.2, 0) is 22.6 Å². The molecule has 2 aromatic heterocycles. The van der Waals surface area contributed by atoms with Crippen LogP contribution in [0.5, 0.6) is 5.75 Å². The summed E-state index contributed by atoms with van der Waals surface area (Å²) in [7, 11) is 0. The second-order valence-electron chi connectivity index (χ2n) is 9.97. The molecule has 1 aromatic carbocycles. The van der Waals surface area contributed by atoms with Gasteiger partial charge in [-0.1, -0.05) is 6.92 Å². The first-order chi connectivity index (χ1) is 16.7. The van der Waals surface area contributed by atoms with Crippen molar-refractivity contribution in [1.29, 1.82) is 0 Å². The molecule has 190 valence electrons. The van der Waals surface area contributed by atoms with Crippen LogP contribution in [-0.4, -0.2) is 51.9 Å². The number of amides is 1. The molecule has 0 spiro atoms. The first-order valence-electron chi connectivity index (χ1n) is 12.5. The van der Waals surface area contributed by atoms with Crippen LogP contribution < -0.4 is 9.47 Å². The average Bonchev–Trinajstić information content (AvgIpc) is 3.14. The Balaban J connectivity index is 1.57. The maximum Gasteiger partial charge on any atom is 0.410 e. The molecule has 1 fully saturated rings. The highest BCUT2D eigenvalue weighted by atomic mass is 16.6. The number of carbonyl (C=O) groups excluding carboxylic acids is 1. The van der Waals surface area contributed by atoms with Gasteiger partial charge in [0, 0.05) is 45.1 Å². The van der Waals surface area contributed by atoms with Gasteiger partial charge in [0.2, 0.25) is 11.7 Å². The molecule has 0 radical (unpaired) electrons. The van der Waals surface area contributed by atoms with Gasteiger partial charge in [0.05, 0.1) is 10.9 Å². The molecule has 3 aromatic rings. The van der Waals surface area contributed by atoms with Crippen LogP contribution in [0.15, 0.2) is 24.4 Å². The Morgan fingerprint density at radius 1 is 1.23 bits per heavy atom. The van der Waals surface area contributed by atoms with E-state index in [9.17, 15) is 10.0 Å². The minimum atomic E-state index is -0.508. The maximum atomic E-state index is 12.7. The molecule has 0 unspecified atom stereocenters. The Bertz CT molecular complexity index is 1190. The van der Waals surface area contributed by atoms with E-state index in [1.165, 1.54) is 6.20 Å². The highest BCUT2D eigenvalue weighted by molar-refractivity contribution is 6.01. The largest absolute Gasteiger partial charge is 0.618 e. The molecule has 9 nitrogen and oxygen atoms in total. The summed E-state index contributed by atoms with van der Waals surface area (Å²) >= 11 is 0. The molecule has 35 heavy (non-hydrogen) atoms. The van der Waals surface area contributed by atoms with E-state index in [2.05, 4.69) is 11.5 Å². The summed E-state index contributed by atoms with van der Waals surface area (Å²) < 4.78 is 20.4. The van der Waals surface area contributed by atoms with Crippen LogP contribution in [0.2, 0.25) is 0 Å². The van der Waals surface area contributed by atoms with E-state index in [1.807, 2.05) is 39.8 Å². The van der Waals surface area contributed by atoms with Gasteiger partial charge in [-0.3, -0.25) is 0 Å². The molecule has 1 aliphatic rings. The Kier molecular flexibility index (Phi) is 7.35. The monoisotopic (exact) mass is 484 g/mol. The fourth-order valence-electron chi connectivity index (χ4n) is 4.49. The molecule has 0 bridgehead atoms. The van der Waals surface area contributed by atoms with Crippen molar-refractivity contribution in [2.24, 2.45) is 0 Å². The topological polar surface area (TPSA) is 92.8 Å². The number of imidazole rings is 1. The minimum absolute atomic E-state index is 0.0150. The predicted octanol–water partition coefficient (Wildman–Crippen LogP) is 4.55. The summed E-state index contributed by atoms with van der Waals surface area (Å²) in [5.74, 6) is 1.52. The first kappa shape index (κ1) is 25.0. The summed E-state index contributed by atoms with van der Waals surface area (Å²) in [6.45, 7) is 12.6. The van der Waals surface area contributed by atoms with Gasteiger partial charge in [0.15, 0.2) is 5.52 Å². The van der Waals surface area contributed by atoms with Crippen molar-refractivity contribution in [2.45, 2.75) is 78.7 Å². The number of nitrogens with zero attached hydrogens (tertiary/aromatic N) is 4. The first-order valence-corrected chi connectivity index (χ1v) is 12.5. The van der Waals surface area contributed by atoms with Crippen molar-refractivity contribution >= 4 is 28.0 Å². The third-order valence-electron chi connectivity index (χ3n) is 6.05. The Morgan fingerprint density at radius 3 is 2.63 bits per heavy atom. The molecule has 0 saturated carbocycles. The summed E-state index contributed by atoms with van der Waals surface area (Å²) in [5, 5.41) is 13.5. The number of benzene rings is 1. The van der Waals surface area contributed by atoms with Crippen molar-refractivity contribution in [3.05, 3.63) is 35.4 Å². The van der Waals surface area contributed by atoms with Crippen LogP contribution in [0.3, 0.4) is 0 Å². The van der Waals surface area contributed by atoms with E-state index in [0.717, 1.165) is 47.3 Å². The van der Waals surface area contributed by atoms with Gasteiger partial charge in [-0.2, -0.15) is 4.73 Å². The van der Waals surface area contributed by atoms with Crippen molar-refractivity contribution in [3.63, 3.8) is 0 Å². The average molecular weight is 485 g/mol. The SMILES string of the molecule is CCCn1c(COCC)nc2c[n+]([O-])c3ccc(OC4CCN(C(=O)OC(C)(C)C)CC4)cc3c21. The van der Waals surface area contributed by atoms with E-state index in [0.29, 0.717) is 43.1 Å². The van der Waals surface area contributed by atoms with Crippen molar-refractivity contribution in [1.82, 2.24) is 14.5 Å². The Labute approximate surface area is 206 Å². The number of hydrogen-bond acceptors (Lipinski definition) is 6. The third-order valence-corrected chi connectivity index (χ3v) is 6.05. The number of hydrogen-bond donors (Lipinski definition) is 0. The quantitative estimate of drug-likeness (QED) is 0.361. The number of pyridine rings is 1. The lowest BCUT2D eigenvalue weighted by Crippen LogP contribution is -2.44. The lowest BCUT2D eigenvalue weighted by atomic mass is 10.1. The number of aromatic nitrogens is 3. The van der Waals surface area contributed by atoms with Crippen LogP contribution in [0.4, 0.5) is 4.79 Å². The second-order valence-corrected chi connectivity index (χ2v) is 9.97. The zero-order valence-electron chi connectivity index (χ0n) is 21.4. The Hall–Kier alpha value is -3.07. The number of likely N-dealkylation sites (tertiary alicyclic amines) is 1. The van der Waals surface area contributed by atoms with E-state index in [-0.39, 0.29) is 12.2 Å². The summed E-state index contributed by atoms with van der Waals surface area (Å²) in [6, 6.07) is 5.58. The van der Waals surface area contributed by atoms with Gasteiger partial charge < -0.3 is 28.9 Å². The lowest BCUT2D eigenvalue weighted by Gasteiger charge is -2.33. The summed E-state index contributed by atoms with van der Waals surface area (Å²) in [6.07, 6.45) is 3.61. The molecule has 0 N–H and O–H groups in total. The molecule has 0 atom stereocenters. The van der Waals surface area contributed by atoms with Gasteiger partial charge in [0.25, 0.3) is 0 Å². The normalized spacial score (nSPS) is 15.2. The van der Waals surface area contributed by atoms with Crippen molar-refractivity contribution in [3.8, 4) is 5.75 Å². The predicted molar refractivity (Wildman–Crippen MR) is 133 cm³/mol. The van der Waals surface area contributed by atoms with E-state index >= 15 is 0 Å². The van der Waals surface area contributed by atoms with Crippen LogP contribution in [0, 0.1) is 5.21 Å². The molecule has 9 heteroatoms. The Morgan fingerprint density at radius 2 is 1.97 bits per heavy atom. The van der Waals surface area contributed by atoms with Crippen LogP contribution >= 0.6 is 0 Å². The van der Waals surface area contributed by atoms with Gasteiger partial charge in [-0.25, -0.2) is 9.78 Å². The van der Waals surface area contributed by atoms with E-state index < -0.39 is 5.60 Å². The highest BCUT2D eigenvalue weighted by Gasteiger charge is 2.28. The van der Waals surface area contributed by atoms with Gasteiger partial charge in [-0.15, -0.1) is 0 Å². The van der Waals surface area contributed by atoms with E-state index in [4.69, 9.17) is 19.2 Å². The highest BCUT2D eigenvalue weighted by Crippen LogP contribution is 2.29. The number of carbonyl (C=O) groups is 1. The van der Waals surface area contributed by atoms with Gasteiger partial charge in [0.1, 0.15) is 29.9 Å².